The summed E-state index contributed by atoms with van der Waals surface area (Å²) in [5.74, 6) is 0. The molecule has 6 N–H and O–H groups in total. The zero-order valence-corrected chi connectivity index (χ0v) is 69.4. The van der Waals surface area contributed by atoms with Crippen LogP contribution >= 0.6 is 0 Å². The molecule has 0 heterocycles. The van der Waals surface area contributed by atoms with Crippen molar-refractivity contribution < 1.29 is 0 Å². The first-order valence-electron chi connectivity index (χ1n) is 44.1. The van der Waals surface area contributed by atoms with Crippen LogP contribution in [0.4, 0.5) is 34.1 Å². The maximum Gasteiger partial charge on any atom is 0.0340 e. The fourth-order valence-electron chi connectivity index (χ4n) is 22.7. The Morgan fingerprint density at radius 2 is 0.344 bits per heavy atom. The Morgan fingerprint density at radius 1 is 0.156 bits per heavy atom. The highest BCUT2D eigenvalue weighted by Gasteiger charge is 2.37. The van der Waals surface area contributed by atoms with Gasteiger partial charge in [-0.3, -0.25) is 0 Å². The Hall–Kier alpha value is -14.5. The molecule has 6 heteroatoms. The summed E-state index contributed by atoms with van der Waals surface area (Å²) in [6.45, 7) is 12.6. The standard InChI is InChI=1S/C116H88N6/c1-7-59-119-71-35-23-63(24-36-71)95-75-15-11-12-16-76(75)96(64-25-37-72(38-26-64)120-60-8-2)110-88-52-44-80-84-48-56-92-107-91(55-47-83(103(84)107)79-43-51-87(109(95)110)105(88)101(79)80)113-99(67-19-31-69(117-5)32-20-67)115-93-57-49-85-81-45-53-89-106-90(54-46-82(102(81)106)86-50-58-94(108(93)104(85)86)116(115)100(114(92)113)68-21-33-70(118-6)34-22-68)112-98(66-29-41-74(42-30-66)122-62-10-4)78-18-14-13-17-77(78)97(111(89)112)65-27-39-73(40-28-65)121-61-9-3/h11-58,117-122H,7-10,59-62H2,1-6H3. The van der Waals surface area contributed by atoms with Crippen molar-refractivity contribution in [3.05, 3.63) is 291 Å². The van der Waals surface area contributed by atoms with Crippen LogP contribution in [-0.2, 0) is 0 Å². The predicted octanol–water partition coefficient (Wildman–Crippen LogP) is 32.3. The third-order valence-electron chi connectivity index (χ3n) is 27.8. The molecule has 0 unspecified atom stereocenters. The van der Waals surface area contributed by atoms with Gasteiger partial charge in [-0.25, -0.2) is 0 Å². The first-order chi connectivity index (χ1) is 60.3. The van der Waals surface area contributed by atoms with Crippen molar-refractivity contribution in [2.75, 3.05) is 72.2 Å². The summed E-state index contributed by atoms with van der Waals surface area (Å²) in [7, 11) is 4.06. The molecule has 2 aliphatic carbocycles. The first kappa shape index (κ1) is 70.5. The number of rotatable bonds is 20. The first-order valence-corrected chi connectivity index (χ1v) is 44.1. The molecule has 0 atom stereocenters. The lowest BCUT2D eigenvalue weighted by atomic mass is 9.82. The van der Waals surface area contributed by atoms with E-state index in [-0.39, 0.29) is 0 Å². The van der Waals surface area contributed by atoms with Gasteiger partial charge in [0.1, 0.15) is 0 Å². The number of hydrogen-bond acceptors (Lipinski definition) is 6. The minimum absolute atomic E-state index is 0.931. The quantitative estimate of drug-likeness (QED) is 0.0338. The largest absolute Gasteiger partial charge is 0.388 e. The minimum atomic E-state index is 0.931. The maximum absolute atomic E-state index is 3.67. The minimum Gasteiger partial charge on any atom is -0.388 e. The van der Waals surface area contributed by atoms with Gasteiger partial charge in [0.2, 0.25) is 0 Å². The number of nitrogens with one attached hydrogen (secondary N) is 6. The van der Waals surface area contributed by atoms with Gasteiger partial charge in [0.25, 0.3) is 0 Å². The van der Waals surface area contributed by atoms with Crippen LogP contribution < -0.4 is 31.9 Å². The van der Waals surface area contributed by atoms with E-state index < -0.39 is 0 Å². The van der Waals surface area contributed by atoms with Crippen molar-refractivity contribution >= 4 is 185 Å². The topological polar surface area (TPSA) is 72.2 Å². The molecule has 582 valence electrons. The predicted molar refractivity (Wildman–Crippen MR) is 532 cm³/mol. The van der Waals surface area contributed by atoms with Crippen LogP contribution in [0.5, 0.6) is 0 Å². The molecule has 0 aliphatic heterocycles. The number of hydrogen-bond donors (Lipinski definition) is 6. The van der Waals surface area contributed by atoms with E-state index in [4.69, 9.17) is 0 Å². The lowest BCUT2D eigenvalue weighted by molar-refractivity contribution is 0.980. The molecule has 0 spiro atoms. The average molecular weight is 1570 g/mol. The fourth-order valence-corrected chi connectivity index (χ4v) is 22.7. The molecule has 2 aliphatic rings. The Labute approximate surface area is 708 Å². The molecule has 6 nitrogen and oxygen atoms in total. The fraction of sp³-hybridized carbons (Fsp3) is 0.121. The molecule has 25 rings (SSSR count). The summed E-state index contributed by atoms with van der Waals surface area (Å²) in [6, 6.07) is 114. The molecule has 0 saturated carbocycles. The van der Waals surface area contributed by atoms with Gasteiger partial charge in [-0.05, 0) is 361 Å². The van der Waals surface area contributed by atoms with Gasteiger partial charge in [0.15, 0.2) is 0 Å². The van der Waals surface area contributed by atoms with Gasteiger partial charge >= 0.3 is 0 Å². The SMILES string of the molecule is CCCNc1ccc(-c2c3c(c(-c4ccc(NCCC)cc4)c4ccccc24)-c2ccc4c5ccc6c7c(-c8ccc(NC)cc8)c8c9ccc%10c%11ccc%12c%13c(ccc(c%14ccc(c8c(-c8ccc(NC)cc8)c7c7ccc(c8ccc-3c2c84)c5c76)c9c%14%10)c%13%11)-c2c-%12c(-c3ccc(NCCC)cc3)c3ccccc3c2-c2ccc(NCCC)cc2)cc1. The van der Waals surface area contributed by atoms with Crippen molar-refractivity contribution in [3.63, 3.8) is 0 Å². The van der Waals surface area contributed by atoms with Crippen molar-refractivity contribution in [1.82, 2.24) is 0 Å². The molecule has 0 fully saturated rings. The van der Waals surface area contributed by atoms with Crippen LogP contribution in [-0.4, -0.2) is 40.3 Å². The van der Waals surface area contributed by atoms with Crippen molar-refractivity contribution in [2.45, 2.75) is 53.4 Å². The third kappa shape index (κ3) is 9.77. The second-order valence-corrected chi connectivity index (χ2v) is 34.3. The molecule has 23 aromatic carbocycles. The summed E-state index contributed by atoms with van der Waals surface area (Å²) in [5.41, 5.74) is 32.1. The van der Waals surface area contributed by atoms with E-state index in [0.29, 0.717) is 0 Å². The monoisotopic (exact) mass is 1560 g/mol. The Balaban J connectivity index is 0.749. The van der Waals surface area contributed by atoms with Crippen molar-refractivity contribution in [2.24, 2.45) is 0 Å². The number of fused-ring (bicyclic) bond motifs is 18. The van der Waals surface area contributed by atoms with Crippen LogP contribution in [0.25, 0.3) is 262 Å². The molecule has 0 bridgehead atoms. The second kappa shape index (κ2) is 27.0. The Kier molecular flexibility index (Phi) is 15.6. The van der Waals surface area contributed by atoms with E-state index >= 15 is 0 Å². The van der Waals surface area contributed by atoms with Gasteiger partial charge in [-0.2, -0.15) is 0 Å². The molecule has 0 aromatic heterocycles. The molecule has 23 aromatic rings. The van der Waals surface area contributed by atoms with E-state index in [1.54, 1.807) is 0 Å². The van der Waals surface area contributed by atoms with Crippen LogP contribution in [0, 0.1) is 0 Å². The molecular formula is C116H88N6. The van der Waals surface area contributed by atoms with E-state index in [0.717, 1.165) is 86.0 Å². The molecule has 0 radical (unpaired) electrons. The van der Waals surface area contributed by atoms with E-state index in [2.05, 4.69) is 351 Å². The Morgan fingerprint density at radius 3 is 0.566 bits per heavy atom. The molecule has 0 amide bonds. The zero-order chi connectivity index (χ0) is 81.0. The molecular weight excluding hydrogens is 1480 g/mol. The smallest absolute Gasteiger partial charge is 0.0340 e. The summed E-state index contributed by atoms with van der Waals surface area (Å²) < 4.78 is 0. The number of anilines is 6. The van der Waals surface area contributed by atoms with Crippen LogP contribution in [0.1, 0.15) is 53.4 Å². The Bertz CT molecular complexity index is 7400. The third-order valence-corrected chi connectivity index (χ3v) is 27.8. The summed E-state index contributed by atoms with van der Waals surface area (Å²) >= 11 is 0. The van der Waals surface area contributed by atoms with Gasteiger partial charge in [-0.15, -0.1) is 0 Å². The maximum atomic E-state index is 3.67. The van der Waals surface area contributed by atoms with E-state index in [9.17, 15) is 0 Å². The summed E-state index contributed by atoms with van der Waals surface area (Å²) in [5, 5.41) is 57.9. The van der Waals surface area contributed by atoms with Gasteiger partial charge in [0, 0.05) is 74.4 Å². The second-order valence-electron chi connectivity index (χ2n) is 34.3. The van der Waals surface area contributed by atoms with Crippen LogP contribution in [0.2, 0.25) is 0 Å². The molecule has 0 saturated heterocycles. The van der Waals surface area contributed by atoms with Gasteiger partial charge in [0.05, 0.1) is 0 Å². The van der Waals surface area contributed by atoms with Crippen LogP contribution in [0.15, 0.2) is 291 Å². The summed E-state index contributed by atoms with van der Waals surface area (Å²) in [6.07, 6.45) is 4.26. The van der Waals surface area contributed by atoms with Gasteiger partial charge in [-0.1, -0.05) is 246 Å². The van der Waals surface area contributed by atoms with E-state index in [1.165, 1.54) is 262 Å². The van der Waals surface area contributed by atoms with E-state index in [1.807, 2.05) is 14.1 Å². The lowest BCUT2D eigenvalue weighted by Crippen LogP contribution is -1.99. The highest BCUT2D eigenvalue weighted by molar-refractivity contribution is 6.53. The normalized spacial score (nSPS) is 12.4. The zero-order valence-electron chi connectivity index (χ0n) is 69.4. The van der Waals surface area contributed by atoms with Gasteiger partial charge < -0.3 is 31.9 Å². The highest BCUT2D eigenvalue weighted by Crippen LogP contribution is 2.65. The molecule has 122 heavy (non-hydrogen) atoms. The average Bonchev–Trinajstić information content (AvgIpc) is 1.49. The number of benzene rings is 21. The van der Waals surface area contributed by atoms with Crippen molar-refractivity contribution in [1.29, 1.82) is 0 Å². The van der Waals surface area contributed by atoms with Crippen molar-refractivity contribution in [3.8, 4) is 111 Å². The summed E-state index contributed by atoms with van der Waals surface area (Å²) in [4.78, 5) is 0. The van der Waals surface area contributed by atoms with Crippen LogP contribution in [0.3, 0.4) is 0 Å². The highest BCUT2D eigenvalue weighted by atomic mass is 14.9. The lowest BCUT2D eigenvalue weighted by Gasteiger charge is -2.21.